The van der Waals surface area contributed by atoms with Gasteiger partial charge in [-0.1, -0.05) is 0 Å². The van der Waals surface area contributed by atoms with Crippen molar-refractivity contribution in [2.75, 3.05) is 0 Å². The maximum absolute atomic E-state index is 11.0. The van der Waals surface area contributed by atoms with Gasteiger partial charge in [0.2, 0.25) is 0 Å². The van der Waals surface area contributed by atoms with Crippen LogP contribution in [0.15, 0.2) is 24.5 Å². The minimum atomic E-state index is -0.242. The van der Waals surface area contributed by atoms with Gasteiger partial charge in [0, 0.05) is 12.3 Å². The standard InChI is InChI=1S/C9H10O2/c1-9-4-2-8(10)6-7(9)3-5-11-9/h2-5,7H,6H2,1H3. The monoisotopic (exact) mass is 150 g/mol. The van der Waals surface area contributed by atoms with E-state index in [1.807, 2.05) is 19.1 Å². The molecule has 58 valence electrons. The fraction of sp³-hybridized carbons (Fsp3) is 0.444. The number of hydrogen-bond acceptors (Lipinski definition) is 2. The van der Waals surface area contributed by atoms with E-state index in [2.05, 4.69) is 0 Å². The molecule has 0 saturated heterocycles. The average Bonchev–Trinajstić information content (AvgIpc) is 2.31. The van der Waals surface area contributed by atoms with Gasteiger partial charge in [0.1, 0.15) is 5.60 Å². The zero-order valence-corrected chi connectivity index (χ0v) is 6.41. The zero-order chi connectivity index (χ0) is 7.90. The second kappa shape index (κ2) is 1.97. The van der Waals surface area contributed by atoms with Gasteiger partial charge in [-0.3, -0.25) is 4.79 Å². The van der Waals surface area contributed by atoms with E-state index in [0.29, 0.717) is 6.42 Å². The van der Waals surface area contributed by atoms with E-state index in [0.717, 1.165) is 0 Å². The lowest BCUT2D eigenvalue weighted by Crippen LogP contribution is -2.33. The molecule has 1 aliphatic carbocycles. The second-order valence-electron chi connectivity index (χ2n) is 3.24. The Morgan fingerprint density at radius 3 is 3.36 bits per heavy atom. The normalized spacial score (nSPS) is 40.5. The first-order valence-electron chi connectivity index (χ1n) is 3.77. The van der Waals surface area contributed by atoms with Gasteiger partial charge in [0.15, 0.2) is 5.78 Å². The van der Waals surface area contributed by atoms with Crippen LogP contribution in [0.2, 0.25) is 0 Å². The lowest BCUT2D eigenvalue weighted by Gasteiger charge is -2.29. The van der Waals surface area contributed by atoms with Crippen molar-refractivity contribution in [2.24, 2.45) is 5.92 Å². The van der Waals surface area contributed by atoms with Crippen LogP contribution in [0.4, 0.5) is 0 Å². The summed E-state index contributed by atoms with van der Waals surface area (Å²) in [6.45, 7) is 2.00. The molecular weight excluding hydrogens is 140 g/mol. The Kier molecular flexibility index (Phi) is 1.19. The van der Waals surface area contributed by atoms with Crippen molar-refractivity contribution in [1.29, 1.82) is 0 Å². The van der Waals surface area contributed by atoms with Gasteiger partial charge in [0.25, 0.3) is 0 Å². The van der Waals surface area contributed by atoms with Crippen molar-refractivity contribution < 1.29 is 9.53 Å². The van der Waals surface area contributed by atoms with Gasteiger partial charge in [-0.25, -0.2) is 0 Å². The summed E-state index contributed by atoms with van der Waals surface area (Å²) in [5, 5.41) is 0. The highest BCUT2D eigenvalue weighted by molar-refractivity contribution is 5.91. The summed E-state index contributed by atoms with van der Waals surface area (Å²) in [6, 6.07) is 0. The predicted octanol–water partition coefficient (Wildman–Crippen LogP) is 1.43. The fourth-order valence-corrected chi connectivity index (χ4v) is 1.54. The Hall–Kier alpha value is -1.05. The van der Waals surface area contributed by atoms with E-state index in [-0.39, 0.29) is 17.3 Å². The van der Waals surface area contributed by atoms with Crippen molar-refractivity contribution in [3.63, 3.8) is 0 Å². The number of ketones is 1. The number of ether oxygens (including phenoxy) is 1. The molecule has 2 rings (SSSR count). The van der Waals surface area contributed by atoms with Crippen molar-refractivity contribution in [1.82, 2.24) is 0 Å². The maximum atomic E-state index is 11.0. The van der Waals surface area contributed by atoms with Crippen LogP contribution in [0, 0.1) is 5.92 Å². The highest BCUT2D eigenvalue weighted by Gasteiger charge is 2.38. The lowest BCUT2D eigenvalue weighted by atomic mass is 9.82. The van der Waals surface area contributed by atoms with Crippen LogP contribution >= 0.6 is 0 Å². The van der Waals surface area contributed by atoms with E-state index in [1.54, 1.807) is 12.3 Å². The van der Waals surface area contributed by atoms with Gasteiger partial charge in [0.05, 0.1) is 6.26 Å². The van der Waals surface area contributed by atoms with Crippen LogP contribution in [-0.4, -0.2) is 11.4 Å². The number of carbonyl (C=O) groups is 1. The van der Waals surface area contributed by atoms with Gasteiger partial charge in [-0.15, -0.1) is 0 Å². The summed E-state index contributed by atoms with van der Waals surface area (Å²) in [7, 11) is 0. The molecule has 2 heteroatoms. The zero-order valence-electron chi connectivity index (χ0n) is 6.41. The van der Waals surface area contributed by atoms with E-state index in [9.17, 15) is 4.79 Å². The Morgan fingerprint density at radius 1 is 1.73 bits per heavy atom. The quantitative estimate of drug-likeness (QED) is 0.522. The molecular formula is C9H10O2. The third kappa shape index (κ3) is 0.897. The molecule has 0 aromatic carbocycles. The molecule has 0 amide bonds. The van der Waals surface area contributed by atoms with Gasteiger partial charge < -0.3 is 4.74 Å². The van der Waals surface area contributed by atoms with Crippen LogP contribution in [0.1, 0.15) is 13.3 Å². The number of rotatable bonds is 0. The third-order valence-corrected chi connectivity index (χ3v) is 2.39. The first-order chi connectivity index (χ1) is 5.21. The molecule has 0 aromatic heterocycles. The highest BCUT2D eigenvalue weighted by atomic mass is 16.5. The molecule has 1 aliphatic heterocycles. The maximum Gasteiger partial charge on any atom is 0.156 e. The van der Waals surface area contributed by atoms with E-state index >= 15 is 0 Å². The third-order valence-electron chi connectivity index (χ3n) is 2.39. The molecule has 0 fully saturated rings. The fourth-order valence-electron chi connectivity index (χ4n) is 1.54. The Balaban J connectivity index is 2.33. The van der Waals surface area contributed by atoms with Crippen LogP contribution in [0.5, 0.6) is 0 Å². The summed E-state index contributed by atoms with van der Waals surface area (Å²) < 4.78 is 5.37. The van der Waals surface area contributed by atoms with Crippen molar-refractivity contribution in [3.8, 4) is 0 Å². The molecule has 0 N–H and O–H groups in total. The molecule has 2 atom stereocenters. The van der Waals surface area contributed by atoms with Crippen LogP contribution in [0.25, 0.3) is 0 Å². The second-order valence-corrected chi connectivity index (χ2v) is 3.24. The SMILES string of the molecule is CC12C=CC(=O)CC1C=CO2. The minimum Gasteiger partial charge on any atom is -0.491 e. The summed E-state index contributed by atoms with van der Waals surface area (Å²) >= 11 is 0. The summed E-state index contributed by atoms with van der Waals surface area (Å²) in [6.07, 6.45) is 7.70. The summed E-state index contributed by atoms with van der Waals surface area (Å²) in [5.74, 6) is 0.447. The number of hydrogen-bond donors (Lipinski definition) is 0. The molecule has 0 saturated carbocycles. The molecule has 2 nitrogen and oxygen atoms in total. The van der Waals surface area contributed by atoms with Crippen molar-refractivity contribution in [2.45, 2.75) is 18.9 Å². The molecule has 0 radical (unpaired) electrons. The molecule has 0 aromatic rings. The van der Waals surface area contributed by atoms with Gasteiger partial charge >= 0.3 is 0 Å². The molecule has 2 unspecified atom stereocenters. The van der Waals surface area contributed by atoms with E-state index < -0.39 is 0 Å². The van der Waals surface area contributed by atoms with Crippen LogP contribution in [0.3, 0.4) is 0 Å². The Labute approximate surface area is 65.5 Å². The molecule has 0 bridgehead atoms. The van der Waals surface area contributed by atoms with Crippen molar-refractivity contribution in [3.05, 3.63) is 24.5 Å². The Morgan fingerprint density at radius 2 is 2.55 bits per heavy atom. The lowest BCUT2D eigenvalue weighted by molar-refractivity contribution is -0.117. The summed E-state index contributed by atoms with van der Waals surface area (Å²) in [5.41, 5.74) is -0.242. The largest absolute Gasteiger partial charge is 0.491 e. The summed E-state index contributed by atoms with van der Waals surface area (Å²) in [4.78, 5) is 11.0. The smallest absolute Gasteiger partial charge is 0.156 e. The number of carbonyl (C=O) groups excluding carboxylic acids is 1. The highest BCUT2D eigenvalue weighted by Crippen LogP contribution is 2.35. The van der Waals surface area contributed by atoms with E-state index in [4.69, 9.17) is 4.74 Å². The first-order valence-corrected chi connectivity index (χ1v) is 3.77. The molecule has 0 spiro atoms. The molecule has 11 heavy (non-hydrogen) atoms. The van der Waals surface area contributed by atoms with Gasteiger partial charge in [-0.05, 0) is 25.2 Å². The Bertz CT molecular complexity index is 252. The first kappa shape index (κ1) is 6.65. The van der Waals surface area contributed by atoms with Crippen LogP contribution in [-0.2, 0) is 9.53 Å². The number of allylic oxidation sites excluding steroid dienone is 1. The topological polar surface area (TPSA) is 26.3 Å². The van der Waals surface area contributed by atoms with E-state index in [1.165, 1.54) is 0 Å². The van der Waals surface area contributed by atoms with Crippen LogP contribution < -0.4 is 0 Å². The van der Waals surface area contributed by atoms with Crippen molar-refractivity contribution >= 4 is 5.78 Å². The molecule has 1 heterocycles. The predicted molar refractivity (Wildman–Crippen MR) is 40.9 cm³/mol. The minimum absolute atomic E-state index is 0.197. The molecule has 2 aliphatic rings. The number of fused-ring (bicyclic) bond motifs is 1. The average molecular weight is 150 g/mol. The van der Waals surface area contributed by atoms with Gasteiger partial charge in [-0.2, -0.15) is 0 Å².